The Morgan fingerprint density at radius 2 is 1.77 bits per heavy atom. The minimum absolute atomic E-state index is 0.0626. The number of aliphatic hydroxyl groups excluding tert-OH is 1. The van der Waals surface area contributed by atoms with Crippen LogP contribution in [-0.2, 0) is 0 Å². The molecule has 2 atom stereocenters. The third-order valence-corrected chi connectivity index (χ3v) is 3.85. The predicted molar refractivity (Wildman–Crippen MR) is 89.3 cm³/mol. The van der Waals surface area contributed by atoms with Gasteiger partial charge in [-0.25, -0.2) is 0 Å². The molecule has 0 aliphatic heterocycles. The van der Waals surface area contributed by atoms with Crippen LogP contribution in [0.15, 0.2) is 54.6 Å². The summed E-state index contributed by atoms with van der Waals surface area (Å²) in [6.07, 6.45) is 0.162. The van der Waals surface area contributed by atoms with Crippen molar-refractivity contribution in [2.45, 2.75) is 25.4 Å². The number of amides is 1. The standard InChI is InChI=1S/C18H20ClNO2/c1-13(21)11-15(14-7-3-2-4-8-14)12-20-18(22)16-9-5-6-10-17(16)19/h2-10,13,15,21H,11-12H2,1H3,(H,20,22). The molecule has 0 saturated heterocycles. The Morgan fingerprint density at radius 1 is 1.14 bits per heavy atom. The maximum absolute atomic E-state index is 12.2. The van der Waals surface area contributed by atoms with Crippen molar-refractivity contribution < 1.29 is 9.90 Å². The van der Waals surface area contributed by atoms with E-state index in [9.17, 15) is 9.90 Å². The van der Waals surface area contributed by atoms with E-state index < -0.39 is 6.10 Å². The zero-order valence-electron chi connectivity index (χ0n) is 12.5. The largest absolute Gasteiger partial charge is 0.393 e. The molecule has 1 amide bonds. The topological polar surface area (TPSA) is 49.3 Å². The minimum Gasteiger partial charge on any atom is -0.393 e. The number of hydrogen-bond donors (Lipinski definition) is 2. The maximum Gasteiger partial charge on any atom is 0.252 e. The van der Waals surface area contributed by atoms with Crippen molar-refractivity contribution in [3.63, 3.8) is 0 Å². The molecule has 0 fully saturated rings. The van der Waals surface area contributed by atoms with Gasteiger partial charge in [-0.15, -0.1) is 0 Å². The Bertz CT molecular complexity index is 613. The van der Waals surface area contributed by atoms with Crippen molar-refractivity contribution in [2.75, 3.05) is 6.54 Å². The van der Waals surface area contributed by atoms with Crippen LogP contribution in [0.1, 0.15) is 35.2 Å². The lowest BCUT2D eigenvalue weighted by Gasteiger charge is -2.20. The average Bonchev–Trinajstić information content (AvgIpc) is 2.52. The van der Waals surface area contributed by atoms with Gasteiger partial charge in [-0.2, -0.15) is 0 Å². The number of carbonyl (C=O) groups is 1. The second-order valence-corrected chi connectivity index (χ2v) is 5.79. The zero-order chi connectivity index (χ0) is 15.9. The molecule has 22 heavy (non-hydrogen) atoms. The van der Waals surface area contributed by atoms with E-state index in [0.29, 0.717) is 23.6 Å². The van der Waals surface area contributed by atoms with E-state index in [-0.39, 0.29) is 11.8 Å². The van der Waals surface area contributed by atoms with Crippen LogP contribution in [0.5, 0.6) is 0 Å². The third-order valence-electron chi connectivity index (χ3n) is 3.52. The highest BCUT2D eigenvalue weighted by Crippen LogP contribution is 2.21. The van der Waals surface area contributed by atoms with Gasteiger partial charge in [0.05, 0.1) is 16.7 Å². The molecule has 3 nitrogen and oxygen atoms in total. The highest BCUT2D eigenvalue weighted by atomic mass is 35.5. The van der Waals surface area contributed by atoms with Crippen molar-refractivity contribution in [2.24, 2.45) is 0 Å². The molecular formula is C18H20ClNO2. The average molecular weight is 318 g/mol. The molecule has 116 valence electrons. The molecular weight excluding hydrogens is 298 g/mol. The Balaban J connectivity index is 2.05. The van der Waals surface area contributed by atoms with E-state index in [0.717, 1.165) is 5.56 Å². The first-order chi connectivity index (χ1) is 10.6. The van der Waals surface area contributed by atoms with Gasteiger partial charge in [-0.05, 0) is 31.0 Å². The molecule has 0 aromatic heterocycles. The molecule has 2 unspecified atom stereocenters. The summed E-state index contributed by atoms with van der Waals surface area (Å²) in [4.78, 5) is 12.2. The molecule has 0 aliphatic rings. The number of halogens is 1. The maximum atomic E-state index is 12.2. The van der Waals surface area contributed by atoms with Crippen molar-refractivity contribution >= 4 is 17.5 Å². The van der Waals surface area contributed by atoms with Crippen molar-refractivity contribution in [1.29, 1.82) is 0 Å². The summed E-state index contributed by atoms with van der Waals surface area (Å²) in [7, 11) is 0. The number of aliphatic hydroxyl groups is 1. The molecule has 0 spiro atoms. The van der Waals surface area contributed by atoms with Gasteiger partial charge in [-0.3, -0.25) is 4.79 Å². The first-order valence-electron chi connectivity index (χ1n) is 7.33. The Kier molecular flexibility index (Phi) is 5.99. The number of carbonyl (C=O) groups excluding carboxylic acids is 1. The lowest BCUT2D eigenvalue weighted by Crippen LogP contribution is -2.29. The molecule has 2 rings (SSSR count). The van der Waals surface area contributed by atoms with E-state index in [1.807, 2.05) is 30.3 Å². The second-order valence-electron chi connectivity index (χ2n) is 5.38. The molecule has 0 saturated carbocycles. The number of nitrogens with one attached hydrogen (secondary N) is 1. The van der Waals surface area contributed by atoms with Crippen LogP contribution < -0.4 is 5.32 Å². The van der Waals surface area contributed by atoms with Crippen molar-refractivity contribution in [3.8, 4) is 0 Å². The van der Waals surface area contributed by atoms with Crippen LogP contribution in [-0.4, -0.2) is 23.7 Å². The monoisotopic (exact) mass is 317 g/mol. The third kappa shape index (κ3) is 4.58. The summed E-state index contributed by atoms with van der Waals surface area (Å²) < 4.78 is 0. The van der Waals surface area contributed by atoms with Crippen LogP contribution in [0, 0.1) is 0 Å². The van der Waals surface area contributed by atoms with Gasteiger partial charge >= 0.3 is 0 Å². The Hall–Kier alpha value is -1.84. The molecule has 2 aromatic carbocycles. The molecule has 0 radical (unpaired) electrons. The van der Waals surface area contributed by atoms with Crippen LogP contribution in [0.3, 0.4) is 0 Å². The quantitative estimate of drug-likeness (QED) is 0.855. The second kappa shape index (κ2) is 7.97. The van der Waals surface area contributed by atoms with Crippen molar-refractivity contribution in [1.82, 2.24) is 5.32 Å². The minimum atomic E-state index is -0.428. The summed E-state index contributed by atoms with van der Waals surface area (Å²) in [6, 6.07) is 16.9. The predicted octanol–water partition coefficient (Wildman–Crippen LogP) is 3.62. The molecule has 0 heterocycles. The van der Waals surface area contributed by atoms with Gasteiger partial charge in [0.1, 0.15) is 0 Å². The first kappa shape index (κ1) is 16.5. The Morgan fingerprint density at radius 3 is 2.41 bits per heavy atom. The smallest absolute Gasteiger partial charge is 0.252 e. The normalized spacial score (nSPS) is 13.4. The van der Waals surface area contributed by atoms with Crippen LogP contribution in [0.2, 0.25) is 5.02 Å². The SMILES string of the molecule is CC(O)CC(CNC(=O)c1ccccc1Cl)c1ccccc1. The molecule has 0 bridgehead atoms. The first-order valence-corrected chi connectivity index (χ1v) is 7.71. The summed E-state index contributed by atoms with van der Waals surface area (Å²) in [5, 5.41) is 13.0. The fourth-order valence-electron chi connectivity index (χ4n) is 2.43. The Labute approximate surface area is 135 Å². The highest BCUT2D eigenvalue weighted by Gasteiger charge is 2.16. The van der Waals surface area contributed by atoms with Crippen LogP contribution >= 0.6 is 11.6 Å². The van der Waals surface area contributed by atoms with E-state index in [2.05, 4.69) is 5.32 Å². The van der Waals surface area contributed by atoms with E-state index in [4.69, 9.17) is 11.6 Å². The summed E-state index contributed by atoms with van der Waals surface area (Å²) in [5.41, 5.74) is 1.57. The summed E-state index contributed by atoms with van der Waals surface area (Å²) in [6.45, 7) is 2.21. The number of benzene rings is 2. The van der Waals surface area contributed by atoms with Gasteiger partial charge in [0.15, 0.2) is 0 Å². The lowest BCUT2D eigenvalue weighted by molar-refractivity contribution is 0.0946. The molecule has 0 aliphatic carbocycles. The van der Waals surface area contributed by atoms with Gasteiger partial charge in [-0.1, -0.05) is 54.1 Å². The van der Waals surface area contributed by atoms with Gasteiger partial charge in [0, 0.05) is 12.5 Å². The highest BCUT2D eigenvalue weighted by molar-refractivity contribution is 6.33. The summed E-state index contributed by atoms with van der Waals surface area (Å²) in [5.74, 6) is -0.134. The van der Waals surface area contributed by atoms with E-state index in [1.54, 1.807) is 31.2 Å². The summed E-state index contributed by atoms with van der Waals surface area (Å²) >= 11 is 6.03. The molecule has 2 aromatic rings. The van der Waals surface area contributed by atoms with Gasteiger partial charge in [0.25, 0.3) is 5.91 Å². The number of rotatable bonds is 6. The van der Waals surface area contributed by atoms with E-state index >= 15 is 0 Å². The van der Waals surface area contributed by atoms with Crippen molar-refractivity contribution in [3.05, 3.63) is 70.7 Å². The van der Waals surface area contributed by atoms with Gasteiger partial charge < -0.3 is 10.4 Å². The van der Waals surface area contributed by atoms with Crippen LogP contribution in [0.4, 0.5) is 0 Å². The fourth-order valence-corrected chi connectivity index (χ4v) is 2.65. The molecule has 2 N–H and O–H groups in total. The lowest BCUT2D eigenvalue weighted by atomic mass is 9.93. The van der Waals surface area contributed by atoms with E-state index in [1.165, 1.54) is 0 Å². The zero-order valence-corrected chi connectivity index (χ0v) is 13.3. The van der Waals surface area contributed by atoms with Crippen LogP contribution in [0.25, 0.3) is 0 Å². The van der Waals surface area contributed by atoms with Gasteiger partial charge in [0.2, 0.25) is 0 Å². The molecule has 4 heteroatoms. The number of hydrogen-bond acceptors (Lipinski definition) is 2. The fraction of sp³-hybridized carbons (Fsp3) is 0.278.